The van der Waals surface area contributed by atoms with Crippen LogP contribution in [0, 0.1) is 27.2 Å². The number of aromatic nitrogens is 1. The van der Waals surface area contributed by atoms with E-state index in [2.05, 4.69) is 10.3 Å². The number of benzene rings is 1. The predicted octanol–water partition coefficient (Wildman–Crippen LogP) is 3.00. The fourth-order valence-electron chi connectivity index (χ4n) is 2.06. The fraction of sp³-hybridized carbons (Fsp3) is 0.214. The number of pyridine rings is 1. The lowest BCUT2D eigenvalue weighted by Gasteiger charge is -2.09. The minimum absolute atomic E-state index is 0.0712. The lowest BCUT2D eigenvalue weighted by molar-refractivity contribution is -0.395. The van der Waals surface area contributed by atoms with Crippen molar-refractivity contribution in [3.63, 3.8) is 0 Å². The van der Waals surface area contributed by atoms with Gasteiger partial charge in [0.05, 0.1) is 16.0 Å². The van der Waals surface area contributed by atoms with Gasteiger partial charge in [0, 0.05) is 5.69 Å². The molecule has 0 radical (unpaired) electrons. The number of hydrogen-bond acceptors (Lipinski definition) is 7. The van der Waals surface area contributed by atoms with Gasteiger partial charge < -0.3 is 10.4 Å². The maximum atomic E-state index is 11.2. The van der Waals surface area contributed by atoms with Crippen LogP contribution in [0.3, 0.4) is 0 Å². The number of nitrogens with one attached hydrogen (secondary N) is 1. The Bertz CT molecular complexity index is 759. The topological polar surface area (TPSA) is 131 Å². The molecule has 0 fully saturated rings. The summed E-state index contributed by atoms with van der Waals surface area (Å²) in [4.78, 5) is 24.5. The zero-order chi connectivity index (χ0) is 17.1. The molecule has 1 heterocycles. The summed E-state index contributed by atoms with van der Waals surface area (Å²) < 4.78 is 0. The normalized spacial score (nSPS) is 11.8. The van der Waals surface area contributed by atoms with E-state index in [4.69, 9.17) is 0 Å². The first-order valence-electron chi connectivity index (χ1n) is 6.64. The van der Waals surface area contributed by atoms with Crippen molar-refractivity contribution in [3.8, 4) is 0 Å². The molecule has 0 amide bonds. The van der Waals surface area contributed by atoms with Gasteiger partial charge in [-0.25, -0.2) is 4.98 Å². The maximum absolute atomic E-state index is 11.2. The minimum atomic E-state index is -0.712. The summed E-state index contributed by atoms with van der Waals surface area (Å²) in [6.07, 6.45) is 0.354. The smallest absolute Gasteiger partial charge is 0.321 e. The number of aliphatic hydroxyl groups excluding tert-OH is 1. The van der Waals surface area contributed by atoms with E-state index in [1.807, 2.05) is 0 Å². The maximum Gasteiger partial charge on any atom is 0.321 e. The van der Waals surface area contributed by atoms with Crippen LogP contribution in [0.1, 0.15) is 24.2 Å². The van der Waals surface area contributed by atoms with Crippen LogP contribution in [0.15, 0.2) is 30.5 Å². The number of anilines is 2. The molecule has 0 aliphatic carbocycles. The molecule has 9 nitrogen and oxygen atoms in total. The van der Waals surface area contributed by atoms with Crippen molar-refractivity contribution in [2.45, 2.75) is 20.0 Å². The summed E-state index contributed by atoms with van der Waals surface area (Å²) >= 11 is 0. The number of nitrogens with zero attached hydrogens (tertiary/aromatic N) is 3. The molecule has 2 rings (SSSR count). The van der Waals surface area contributed by atoms with Gasteiger partial charge in [0.15, 0.2) is 0 Å². The highest BCUT2D eigenvalue weighted by molar-refractivity contribution is 5.71. The summed E-state index contributed by atoms with van der Waals surface area (Å²) in [7, 11) is 0. The third-order valence-corrected chi connectivity index (χ3v) is 3.31. The fourth-order valence-corrected chi connectivity index (χ4v) is 2.06. The molecule has 0 saturated carbocycles. The molecule has 0 aliphatic rings. The Morgan fingerprint density at radius 3 is 2.26 bits per heavy atom. The Hall–Kier alpha value is -3.07. The Labute approximate surface area is 130 Å². The Morgan fingerprint density at radius 2 is 1.78 bits per heavy atom. The quantitative estimate of drug-likeness (QED) is 0.639. The first-order valence-corrected chi connectivity index (χ1v) is 6.64. The molecule has 120 valence electrons. The second kappa shape index (κ2) is 6.36. The SMILES string of the molecule is Cc1c([N+](=O)[O-])cnc(Nc2ccc(C(C)O)cc2)c1[N+](=O)[O-]. The first-order chi connectivity index (χ1) is 10.8. The molecule has 1 unspecified atom stereocenters. The highest BCUT2D eigenvalue weighted by Gasteiger charge is 2.27. The van der Waals surface area contributed by atoms with E-state index in [1.165, 1.54) is 6.92 Å². The van der Waals surface area contributed by atoms with Crippen LogP contribution in [0.5, 0.6) is 0 Å². The molecule has 2 aromatic rings. The van der Waals surface area contributed by atoms with Gasteiger partial charge in [0.2, 0.25) is 5.82 Å². The third kappa shape index (κ3) is 3.40. The second-order valence-electron chi connectivity index (χ2n) is 4.90. The Balaban J connectivity index is 2.41. The molecule has 9 heteroatoms. The molecule has 1 aromatic carbocycles. The summed E-state index contributed by atoms with van der Waals surface area (Å²) in [6.45, 7) is 2.92. The van der Waals surface area contributed by atoms with Crippen molar-refractivity contribution in [3.05, 3.63) is 61.8 Å². The molecular formula is C14H14N4O5. The lowest BCUT2D eigenvalue weighted by Crippen LogP contribution is -2.04. The van der Waals surface area contributed by atoms with E-state index in [1.54, 1.807) is 31.2 Å². The summed E-state index contributed by atoms with van der Waals surface area (Å²) in [6, 6.07) is 6.59. The van der Waals surface area contributed by atoms with Gasteiger partial charge in [0.25, 0.3) is 5.69 Å². The molecule has 23 heavy (non-hydrogen) atoms. The molecule has 0 aliphatic heterocycles. The summed E-state index contributed by atoms with van der Waals surface area (Å²) in [5.41, 5.74) is 0.278. The predicted molar refractivity (Wildman–Crippen MR) is 82.6 cm³/mol. The Kier molecular flexibility index (Phi) is 4.51. The van der Waals surface area contributed by atoms with E-state index >= 15 is 0 Å². The Morgan fingerprint density at radius 1 is 1.17 bits per heavy atom. The summed E-state index contributed by atoms with van der Waals surface area (Å²) in [5, 5.41) is 34.3. The van der Waals surface area contributed by atoms with E-state index < -0.39 is 27.3 Å². The van der Waals surface area contributed by atoms with E-state index in [9.17, 15) is 25.3 Å². The highest BCUT2D eigenvalue weighted by Crippen LogP contribution is 2.34. The van der Waals surface area contributed by atoms with Crippen molar-refractivity contribution < 1.29 is 15.0 Å². The van der Waals surface area contributed by atoms with Crippen LogP contribution in [-0.2, 0) is 0 Å². The van der Waals surface area contributed by atoms with Crippen LogP contribution in [0.25, 0.3) is 0 Å². The van der Waals surface area contributed by atoms with Crippen LogP contribution in [0.4, 0.5) is 22.9 Å². The molecule has 0 bridgehead atoms. The van der Waals surface area contributed by atoms with Gasteiger partial charge in [-0.15, -0.1) is 0 Å². The zero-order valence-corrected chi connectivity index (χ0v) is 12.4. The summed E-state index contributed by atoms with van der Waals surface area (Å²) in [5.74, 6) is -0.0807. The zero-order valence-electron chi connectivity index (χ0n) is 12.4. The van der Waals surface area contributed by atoms with E-state index in [0.29, 0.717) is 11.3 Å². The second-order valence-corrected chi connectivity index (χ2v) is 4.90. The van der Waals surface area contributed by atoms with Crippen LogP contribution >= 0.6 is 0 Å². The van der Waals surface area contributed by atoms with Crippen molar-refractivity contribution >= 4 is 22.9 Å². The number of aliphatic hydroxyl groups is 1. The monoisotopic (exact) mass is 318 g/mol. The van der Waals surface area contributed by atoms with Gasteiger partial charge in [0.1, 0.15) is 11.8 Å². The van der Waals surface area contributed by atoms with Crippen molar-refractivity contribution in [1.82, 2.24) is 4.98 Å². The van der Waals surface area contributed by atoms with Crippen LogP contribution in [-0.4, -0.2) is 19.9 Å². The van der Waals surface area contributed by atoms with Crippen molar-refractivity contribution in [2.75, 3.05) is 5.32 Å². The highest BCUT2D eigenvalue weighted by atomic mass is 16.6. The number of hydrogen-bond donors (Lipinski definition) is 2. The standard InChI is InChI=1S/C14H14N4O5/c1-8-12(17(20)21)7-15-14(13(8)18(22)23)16-11-5-3-10(4-6-11)9(2)19/h3-7,9,19H,1-2H3,(H,15,16). The van der Waals surface area contributed by atoms with Crippen LogP contribution < -0.4 is 5.32 Å². The van der Waals surface area contributed by atoms with E-state index in [0.717, 1.165) is 6.20 Å². The molecule has 1 atom stereocenters. The molecule has 0 saturated heterocycles. The van der Waals surface area contributed by atoms with Gasteiger partial charge in [-0.05, 0) is 31.5 Å². The third-order valence-electron chi connectivity index (χ3n) is 3.31. The molecule has 2 N–H and O–H groups in total. The van der Waals surface area contributed by atoms with Gasteiger partial charge in [-0.1, -0.05) is 12.1 Å². The first kappa shape index (κ1) is 16.3. The van der Waals surface area contributed by atoms with Crippen molar-refractivity contribution in [1.29, 1.82) is 0 Å². The number of nitro groups is 2. The average Bonchev–Trinajstić information content (AvgIpc) is 2.47. The largest absolute Gasteiger partial charge is 0.389 e. The van der Waals surface area contributed by atoms with Crippen LogP contribution in [0.2, 0.25) is 0 Å². The molecule has 0 spiro atoms. The average molecular weight is 318 g/mol. The lowest BCUT2D eigenvalue weighted by atomic mass is 10.1. The minimum Gasteiger partial charge on any atom is -0.389 e. The molecular weight excluding hydrogens is 304 g/mol. The van der Waals surface area contributed by atoms with Gasteiger partial charge in [-0.3, -0.25) is 20.2 Å². The molecule has 1 aromatic heterocycles. The van der Waals surface area contributed by atoms with Gasteiger partial charge >= 0.3 is 5.69 Å². The van der Waals surface area contributed by atoms with Crippen molar-refractivity contribution in [2.24, 2.45) is 0 Å². The van der Waals surface area contributed by atoms with Gasteiger partial charge in [-0.2, -0.15) is 0 Å². The number of rotatable bonds is 5. The van der Waals surface area contributed by atoms with E-state index in [-0.39, 0.29) is 11.4 Å².